The number of nitrogens with zero attached hydrogens (tertiary/aromatic N) is 3. The van der Waals surface area contributed by atoms with Gasteiger partial charge in [-0.25, -0.2) is 4.39 Å². The Labute approximate surface area is 155 Å². The predicted octanol–water partition coefficient (Wildman–Crippen LogP) is 0.635. The number of anilines is 2. The van der Waals surface area contributed by atoms with Gasteiger partial charge in [-0.1, -0.05) is 12.8 Å². The van der Waals surface area contributed by atoms with Crippen molar-refractivity contribution in [1.82, 2.24) is 4.90 Å². The second kappa shape index (κ2) is 6.88. The molecule has 1 aromatic carbocycles. The Morgan fingerprint density at radius 1 is 1.31 bits per heavy atom. The molecule has 1 atom stereocenters. The highest BCUT2D eigenvalue weighted by molar-refractivity contribution is 7.80. The van der Waals surface area contributed by atoms with E-state index in [1.807, 2.05) is 0 Å². The molecule has 2 heterocycles. The number of hydrogen-bond acceptors (Lipinski definition) is 5. The van der Waals surface area contributed by atoms with Crippen molar-refractivity contribution in [2.45, 2.75) is 12.2 Å². The van der Waals surface area contributed by atoms with Gasteiger partial charge in [0.25, 0.3) is 5.91 Å². The molecule has 26 heavy (non-hydrogen) atoms. The number of carbonyl (C=O) groups excluding carboxylic acids is 3. The average Bonchev–Trinajstić information content (AvgIpc) is 2.85. The molecule has 3 rings (SSSR count). The third-order valence-electron chi connectivity index (χ3n) is 4.02. The molecule has 7 nitrogen and oxygen atoms in total. The molecule has 1 aromatic rings. The summed E-state index contributed by atoms with van der Waals surface area (Å²) in [6, 6.07) is 2.39. The van der Waals surface area contributed by atoms with Gasteiger partial charge in [-0.05, 0) is 6.07 Å². The van der Waals surface area contributed by atoms with Crippen molar-refractivity contribution in [3.63, 3.8) is 0 Å². The Balaban J connectivity index is 1.99. The highest BCUT2D eigenvalue weighted by Crippen LogP contribution is 2.38. The van der Waals surface area contributed by atoms with Crippen LogP contribution >= 0.6 is 12.6 Å². The van der Waals surface area contributed by atoms with Crippen LogP contribution in [0.25, 0.3) is 0 Å². The summed E-state index contributed by atoms with van der Waals surface area (Å²) in [6.45, 7) is 1.67. The van der Waals surface area contributed by atoms with Gasteiger partial charge < -0.3 is 9.64 Å². The lowest BCUT2D eigenvalue weighted by atomic mass is 10.2. The molecule has 0 spiro atoms. The molecule has 0 aliphatic carbocycles. The summed E-state index contributed by atoms with van der Waals surface area (Å²) in [5.41, 5.74) is 0.147. The van der Waals surface area contributed by atoms with Gasteiger partial charge >= 0.3 is 11.8 Å². The van der Waals surface area contributed by atoms with Crippen molar-refractivity contribution in [2.24, 2.45) is 0 Å². The molecule has 136 valence electrons. The van der Waals surface area contributed by atoms with Crippen molar-refractivity contribution in [3.8, 4) is 18.1 Å². The summed E-state index contributed by atoms with van der Waals surface area (Å²) in [5.74, 6) is -0.164. The zero-order valence-corrected chi connectivity index (χ0v) is 14.8. The molecule has 3 amide bonds. The number of benzene rings is 1. The first-order chi connectivity index (χ1) is 12.3. The van der Waals surface area contributed by atoms with E-state index in [2.05, 4.69) is 18.5 Å². The van der Waals surface area contributed by atoms with Crippen LogP contribution in [0.1, 0.15) is 6.92 Å². The normalized spacial score (nSPS) is 17.9. The number of amides is 3. The molecule has 1 saturated heterocycles. The molecule has 0 bridgehead atoms. The minimum absolute atomic E-state index is 0.0174. The van der Waals surface area contributed by atoms with Crippen molar-refractivity contribution in [3.05, 3.63) is 17.9 Å². The quantitative estimate of drug-likeness (QED) is 0.475. The molecule has 0 radical (unpaired) electrons. The zero-order chi connectivity index (χ0) is 19.0. The van der Waals surface area contributed by atoms with Gasteiger partial charge in [0.05, 0.1) is 17.9 Å². The summed E-state index contributed by atoms with van der Waals surface area (Å²) < 4.78 is 19.8. The first-order valence-corrected chi connectivity index (χ1v) is 8.34. The van der Waals surface area contributed by atoms with E-state index < -0.39 is 17.6 Å². The van der Waals surface area contributed by atoms with Crippen molar-refractivity contribution in [1.29, 1.82) is 0 Å². The van der Waals surface area contributed by atoms with E-state index in [1.165, 1.54) is 15.9 Å². The van der Waals surface area contributed by atoms with E-state index in [1.54, 1.807) is 6.92 Å². The van der Waals surface area contributed by atoms with Gasteiger partial charge in [-0.15, -0.1) is 6.42 Å². The largest absolute Gasteiger partial charge is 0.481 e. The summed E-state index contributed by atoms with van der Waals surface area (Å²) in [5, 5.41) is -0.141. The van der Waals surface area contributed by atoms with Gasteiger partial charge in [-0.2, -0.15) is 12.6 Å². The van der Waals surface area contributed by atoms with Gasteiger partial charge in [-0.3, -0.25) is 24.2 Å². The number of hydrogen-bond donors (Lipinski definition) is 1. The minimum atomic E-state index is -0.843. The molecule has 1 unspecified atom stereocenters. The molecular formula is C17H16FN3O4S. The molecular weight excluding hydrogens is 361 g/mol. The molecule has 9 heteroatoms. The zero-order valence-electron chi connectivity index (χ0n) is 13.9. The second-order valence-electron chi connectivity index (χ2n) is 6.00. The SMILES string of the molecule is C#CCN1C(=O)COc2cc(F)c(N3CN(CC(C)S)C(=O)C3=O)cc21. The number of terminal acetylenes is 1. The Morgan fingerprint density at radius 3 is 2.69 bits per heavy atom. The molecule has 1 fully saturated rings. The fourth-order valence-electron chi connectivity index (χ4n) is 2.88. The van der Waals surface area contributed by atoms with Crippen LogP contribution in [0, 0.1) is 18.2 Å². The number of thiol groups is 1. The fraction of sp³-hybridized carbons (Fsp3) is 0.353. The van der Waals surface area contributed by atoms with Gasteiger partial charge in [0.1, 0.15) is 12.4 Å². The standard InChI is InChI=1S/C17H16FN3O4S/c1-3-4-20-13-6-12(11(18)5-14(13)25-8-15(20)22)21-9-19(7-10(2)26)16(23)17(21)24/h1,5-6,10,26H,4,7-9H2,2H3. The molecule has 2 aliphatic heterocycles. The van der Waals surface area contributed by atoms with E-state index in [-0.39, 0.29) is 54.6 Å². The van der Waals surface area contributed by atoms with Gasteiger partial charge in [0.15, 0.2) is 12.4 Å². The number of ether oxygens (including phenoxy) is 1. The highest BCUT2D eigenvalue weighted by Gasteiger charge is 2.39. The third-order valence-corrected chi connectivity index (χ3v) is 4.19. The van der Waals surface area contributed by atoms with Crippen molar-refractivity contribution < 1.29 is 23.5 Å². The summed E-state index contributed by atoms with van der Waals surface area (Å²) in [7, 11) is 0. The lowest BCUT2D eigenvalue weighted by molar-refractivity contribution is -0.139. The maximum Gasteiger partial charge on any atom is 0.318 e. The van der Waals surface area contributed by atoms with Crippen LogP contribution in [-0.2, 0) is 14.4 Å². The van der Waals surface area contributed by atoms with Gasteiger partial charge in [0, 0.05) is 17.9 Å². The van der Waals surface area contributed by atoms with E-state index in [4.69, 9.17) is 11.2 Å². The Hall–Kier alpha value is -2.73. The van der Waals surface area contributed by atoms with Crippen LogP contribution in [0.15, 0.2) is 12.1 Å². The van der Waals surface area contributed by atoms with Crippen LogP contribution in [0.2, 0.25) is 0 Å². The van der Waals surface area contributed by atoms with Crippen LogP contribution in [-0.4, -0.2) is 54.2 Å². The topological polar surface area (TPSA) is 70.2 Å². The molecule has 2 aliphatic rings. The lowest BCUT2D eigenvalue weighted by Crippen LogP contribution is -2.39. The maximum atomic E-state index is 14.6. The minimum Gasteiger partial charge on any atom is -0.481 e. The Morgan fingerprint density at radius 2 is 2.04 bits per heavy atom. The molecule has 0 N–H and O–H groups in total. The van der Waals surface area contributed by atoms with E-state index in [0.29, 0.717) is 0 Å². The first-order valence-electron chi connectivity index (χ1n) is 7.82. The van der Waals surface area contributed by atoms with E-state index >= 15 is 0 Å². The maximum absolute atomic E-state index is 14.6. The lowest BCUT2D eigenvalue weighted by Gasteiger charge is -2.29. The molecule has 0 aromatic heterocycles. The second-order valence-corrected chi connectivity index (χ2v) is 6.88. The van der Waals surface area contributed by atoms with E-state index in [9.17, 15) is 18.8 Å². The van der Waals surface area contributed by atoms with Crippen molar-refractivity contribution in [2.75, 3.05) is 36.2 Å². The number of rotatable bonds is 4. The Kier molecular flexibility index (Phi) is 4.78. The van der Waals surface area contributed by atoms with Crippen LogP contribution in [0.3, 0.4) is 0 Å². The number of fused-ring (bicyclic) bond motifs is 1. The monoisotopic (exact) mass is 377 g/mol. The van der Waals surface area contributed by atoms with E-state index in [0.717, 1.165) is 11.0 Å². The van der Waals surface area contributed by atoms with Crippen LogP contribution in [0.5, 0.6) is 5.75 Å². The number of carbonyl (C=O) groups is 3. The van der Waals surface area contributed by atoms with Crippen molar-refractivity contribution >= 4 is 41.7 Å². The van der Waals surface area contributed by atoms with Crippen LogP contribution in [0.4, 0.5) is 15.8 Å². The summed E-state index contributed by atoms with van der Waals surface area (Å²) in [6.07, 6.45) is 5.29. The number of halogens is 1. The fourth-order valence-corrected chi connectivity index (χ4v) is 3.07. The highest BCUT2D eigenvalue weighted by atomic mass is 32.1. The Bertz CT molecular complexity index is 836. The van der Waals surface area contributed by atoms with Gasteiger partial charge in [0.2, 0.25) is 0 Å². The smallest absolute Gasteiger partial charge is 0.318 e. The first kappa shape index (κ1) is 18.1. The average molecular weight is 377 g/mol. The third kappa shape index (κ3) is 3.08. The van der Waals surface area contributed by atoms with Crippen LogP contribution < -0.4 is 14.5 Å². The predicted molar refractivity (Wildman–Crippen MR) is 95.6 cm³/mol. The molecule has 0 saturated carbocycles. The summed E-state index contributed by atoms with van der Waals surface area (Å²) >= 11 is 4.21. The summed E-state index contributed by atoms with van der Waals surface area (Å²) in [4.78, 5) is 40.0.